The molecule has 6 heteroatoms. The Hall–Kier alpha value is -2.37. The number of ketones is 1. The van der Waals surface area contributed by atoms with Crippen LogP contribution in [0, 0.1) is 6.92 Å². The first-order valence-corrected chi connectivity index (χ1v) is 6.08. The van der Waals surface area contributed by atoms with Crippen LogP contribution in [0.25, 0.3) is 0 Å². The van der Waals surface area contributed by atoms with E-state index in [1.807, 2.05) is 25.4 Å². The molecule has 0 saturated heterocycles. The van der Waals surface area contributed by atoms with Crippen molar-refractivity contribution in [3.05, 3.63) is 35.9 Å². The van der Waals surface area contributed by atoms with Crippen LogP contribution in [0.1, 0.15) is 18.3 Å². The van der Waals surface area contributed by atoms with Gasteiger partial charge in [-0.15, -0.1) is 0 Å². The number of rotatable bonds is 6. The first kappa shape index (κ1) is 13.1. The molecule has 2 aromatic heterocycles. The number of carbonyl (C=O) groups excluding carboxylic acids is 1. The minimum Gasteiger partial charge on any atom is -0.367 e. The first-order valence-electron chi connectivity index (χ1n) is 6.08. The molecule has 0 saturated carbocycles. The highest BCUT2D eigenvalue weighted by atomic mass is 16.1. The van der Waals surface area contributed by atoms with E-state index in [2.05, 4.69) is 25.6 Å². The van der Waals surface area contributed by atoms with Crippen molar-refractivity contribution in [3.8, 4) is 0 Å². The molecule has 0 aromatic carbocycles. The zero-order valence-corrected chi connectivity index (χ0v) is 11.0. The molecule has 19 heavy (non-hydrogen) atoms. The number of aromatic amines is 1. The van der Waals surface area contributed by atoms with Gasteiger partial charge >= 0.3 is 0 Å². The summed E-state index contributed by atoms with van der Waals surface area (Å²) in [6, 6.07) is 3.79. The third kappa shape index (κ3) is 4.09. The minimum absolute atomic E-state index is 0.0677. The Balaban J connectivity index is 2.01. The molecule has 0 aliphatic heterocycles. The van der Waals surface area contributed by atoms with Crippen molar-refractivity contribution in [2.75, 3.05) is 17.2 Å². The van der Waals surface area contributed by atoms with Gasteiger partial charge in [0.1, 0.15) is 23.2 Å². The first-order chi connectivity index (χ1) is 9.13. The van der Waals surface area contributed by atoms with Crippen molar-refractivity contribution < 1.29 is 4.79 Å². The lowest BCUT2D eigenvalue weighted by Crippen LogP contribution is -2.12. The van der Waals surface area contributed by atoms with Gasteiger partial charge < -0.3 is 15.6 Å². The Bertz CT molecular complexity index is 550. The van der Waals surface area contributed by atoms with Crippen LogP contribution >= 0.6 is 0 Å². The quantitative estimate of drug-likeness (QED) is 0.736. The highest BCUT2D eigenvalue weighted by Crippen LogP contribution is 2.12. The maximum Gasteiger partial charge on any atom is 0.148 e. The van der Waals surface area contributed by atoms with Crippen LogP contribution in [0.15, 0.2) is 24.5 Å². The van der Waals surface area contributed by atoms with Crippen LogP contribution in [0.2, 0.25) is 0 Å². The number of anilines is 2. The van der Waals surface area contributed by atoms with Crippen LogP contribution in [0.4, 0.5) is 11.6 Å². The second-order valence-corrected chi connectivity index (χ2v) is 4.31. The third-order valence-electron chi connectivity index (χ3n) is 2.49. The fourth-order valence-electron chi connectivity index (χ4n) is 1.62. The Morgan fingerprint density at radius 3 is 2.68 bits per heavy atom. The number of hydrogen-bond donors (Lipinski definition) is 3. The summed E-state index contributed by atoms with van der Waals surface area (Å²) < 4.78 is 0. The number of aromatic nitrogens is 3. The summed E-state index contributed by atoms with van der Waals surface area (Å²) in [6.07, 6.45) is 3.80. The normalized spacial score (nSPS) is 10.2. The van der Waals surface area contributed by atoms with Gasteiger partial charge in [-0.25, -0.2) is 9.97 Å². The second-order valence-electron chi connectivity index (χ2n) is 4.31. The number of hydrogen-bond acceptors (Lipinski definition) is 5. The topological polar surface area (TPSA) is 82.7 Å². The van der Waals surface area contributed by atoms with Crippen molar-refractivity contribution >= 4 is 17.4 Å². The van der Waals surface area contributed by atoms with Gasteiger partial charge in [-0.3, -0.25) is 4.79 Å². The van der Waals surface area contributed by atoms with Crippen LogP contribution in [0.5, 0.6) is 0 Å². The van der Waals surface area contributed by atoms with Gasteiger partial charge in [-0.05, 0) is 25.5 Å². The Morgan fingerprint density at radius 2 is 2.05 bits per heavy atom. The largest absolute Gasteiger partial charge is 0.367 e. The van der Waals surface area contributed by atoms with E-state index < -0.39 is 0 Å². The highest BCUT2D eigenvalue weighted by molar-refractivity contribution is 5.80. The molecule has 100 valence electrons. The number of nitrogens with one attached hydrogen (secondary N) is 3. The smallest absolute Gasteiger partial charge is 0.148 e. The van der Waals surface area contributed by atoms with E-state index in [9.17, 15) is 4.79 Å². The third-order valence-corrected chi connectivity index (χ3v) is 2.49. The second kappa shape index (κ2) is 5.99. The number of nitrogens with zero attached hydrogens (tertiary/aromatic N) is 2. The van der Waals surface area contributed by atoms with Crippen LogP contribution in [-0.4, -0.2) is 27.3 Å². The van der Waals surface area contributed by atoms with E-state index in [1.165, 1.54) is 6.92 Å². The van der Waals surface area contributed by atoms with Crippen molar-refractivity contribution in [3.63, 3.8) is 0 Å². The van der Waals surface area contributed by atoms with Crippen molar-refractivity contribution in [1.29, 1.82) is 0 Å². The Morgan fingerprint density at radius 1 is 1.32 bits per heavy atom. The molecule has 0 unspecified atom stereocenters. The average molecular weight is 259 g/mol. The average Bonchev–Trinajstić information content (AvgIpc) is 2.86. The van der Waals surface area contributed by atoms with Crippen molar-refractivity contribution in [2.45, 2.75) is 20.4 Å². The maximum absolute atomic E-state index is 10.9. The van der Waals surface area contributed by atoms with Gasteiger partial charge in [0.2, 0.25) is 0 Å². The molecule has 0 atom stereocenters. The fraction of sp³-hybridized carbons (Fsp3) is 0.308. The van der Waals surface area contributed by atoms with E-state index >= 15 is 0 Å². The predicted molar refractivity (Wildman–Crippen MR) is 74.1 cm³/mol. The van der Waals surface area contributed by atoms with Crippen LogP contribution < -0.4 is 10.6 Å². The lowest BCUT2D eigenvalue weighted by atomic mass is 10.3. The van der Waals surface area contributed by atoms with Crippen LogP contribution in [-0.2, 0) is 11.3 Å². The Labute approximate surface area is 111 Å². The molecular weight excluding hydrogens is 242 g/mol. The molecule has 2 rings (SSSR count). The zero-order valence-electron chi connectivity index (χ0n) is 11.0. The zero-order chi connectivity index (χ0) is 13.7. The molecule has 0 amide bonds. The molecule has 0 aliphatic carbocycles. The van der Waals surface area contributed by atoms with Crippen molar-refractivity contribution in [1.82, 2.24) is 15.0 Å². The van der Waals surface area contributed by atoms with Gasteiger partial charge in [0.05, 0.1) is 6.54 Å². The summed E-state index contributed by atoms with van der Waals surface area (Å²) in [5.41, 5.74) is 1.15. The lowest BCUT2D eigenvalue weighted by Gasteiger charge is -2.08. The molecule has 2 heterocycles. The molecular formula is C13H17N5O. The number of carbonyl (C=O) groups is 1. The summed E-state index contributed by atoms with van der Waals surface area (Å²) in [5.74, 6) is 2.11. The maximum atomic E-state index is 10.9. The van der Waals surface area contributed by atoms with Crippen molar-refractivity contribution in [2.24, 2.45) is 0 Å². The van der Waals surface area contributed by atoms with Gasteiger partial charge in [0, 0.05) is 25.0 Å². The molecule has 2 aromatic rings. The highest BCUT2D eigenvalue weighted by Gasteiger charge is 2.03. The summed E-state index contributed by atoms with van der Waals surface area (Å²) in [4.78, 5) is 22.5. The molecule has 0 spiro atoms. The standard InChI is InChI=1S/C13H17N5O/c1-9(19)6-15-12-5-13(18-10(2)17-12)16-8-11-3-4-14-7-11/h3-5,7,14H,6,8H2,1-2H3,(H2,15,16,17,18). The van der Waals surface area contributed by atoms with E-state index in [1.54, 1.807) is 6.07 Å². The summed E-state index contributed by atoms with van der Waals surface area (Å²) in [5, 5.41) is 6.19. The molecule has 6 nitrogen and oxygen atoms in total. The molecule has 0 aliphatic rings. The fourth-order valence-corrected chi connectivity index (χ4v) is 1.62. The number of H-pyrrole nitrogens is 1. The summed E-state index contributed by atoms with van der Waals surface area (Å²) >= 11 is 0. The monoisotopic (exact) mass is 259 g/mol. The molecule has 0 bridgehead atoms. The van der Waals surface area contributed by atoms with E-state index in [0.717, 1.165) is 11.4 Å². The minimum atomic E-state index is 0.0677. The summed E-state index contributed by atoms with van der Waals surface area (Å²) in [6.45, 7) is 4.31. The molecule has 0 fully saturated rings. The molecule has 0 radical (unpaired) electrons. The van der Waals surface area contributed by atoms with Crippen LogP contribution in [0.3, 0.4) is 0 Å². The number of aryl methyl sites for hydroxylation is 1. The van der Waals surface area contributed by atoms with E-state index in [-0.39, 0.29) is 12.3 Å². The van der Waals surface area contributed by atoms with Gasteiger partial charge in [-0.2, -0.15) is 0 Å². The number of Topliss-reactive ketones (excluding diaryl/α,β-unsaturated/α-hetero) is 1. The van der Waals surface area contributed by atoms with Gasteiger partial charge in [0.25, 0.3) is 0 Å². The van der Waals surface area contributed by atoms with E-state index in [0.29, 0.717) is 18.2 Å². The summed E-state index contributed by atoms with van der Waals surface area (Å²) in [7, 11) is 0. The predicted octanol–water partition coefficient (Wildman–Crippen LogP) is 1.73. The Kier molecular flexibility index (Phi) is 4.12. The SMILES string of the molecule is CC(=O)CNc1cc(NCc2cc[nH]c2)nc(C)n1. The molecule has 3 N–H and O–H groups in total. The van der Waals surface area contributed by atoms with Gasteiger partial charge in [0.15, 0.2) is 0 Å². The van der Waals surface area contributed by atoms with E-state index in [4.69, 9.17) is 0 Å². The lowest BCUT2D eigenvalue weighted by molar-refractivity contribution is -0.115. The van der Waals surface area contributed by atoms with Gasteiger partial charge in [-0.1, -0.05) is 0 Å².